The highest BCUT2D eigenvalue weighted by atomic mass is 19.1. The van der Waals surface area contributed by atoms with Crippen LogP contribution in [-0.2, 0) is 4.79 Å². The van der Waals surface area contributed by atoms with E-state index in [1.54, 1.807) is 18.3 Å². The number of benzene rings is 2. The monoisotopic (exact) mass is 517 g/mol. The molecule has 3 N–H and O–H groups in total. The Bertz CT molecular complexity index is 1280. The number of nitrogens with zero attached hydrogens (tertiary/aromatic N) is 5. The van der Waals surface area contributed by atoms with Gasteiger partial charge in [-0.15, -0.1) is 5.10 Å². The minimum Gasteiger partial charge on any atom is -0.382 e. The van der Waals surface area contributed by atoms with E-state index in [9.17, 15) is 9.18 Å². The fraction of sp³-hybridized carbons (Fsp3) is 0.414. The number of rotatable bonds is 6. The largest absolute Gasteiger partial charge is 0.382 e. The van der Waals surface area contributed by atoms with Crippen molar-refractivity contribution in [1.82, 2.24) is 10.2 Å². The molecule has 2 saturated heterocycles. The third-order valence-corrected chi connectivity index (χ3v) is 7.84. The molecule has 2 aliphatic heterocycles. The summed E-state index contributed by atoms with van der Waals surface area (Å²) in [5.41, 5.74) is 12.6. The maximum Gasteiger partial charge on any atom is 0.241 e. The molecule has 0 bridgehead atoms. The summed E-state index contributed by atoms with van der Waals surface area (Å²) < 4.78 is 13.5. The molecule has 0 aliphatic carbocycles. The number of amides is 1. The lowest BCUT2D eigenvalue weighted by atomic mass is 9.97. The van der Waals surface area contributed by atoms with Crippen molar-refractivity contribution in [2.75, 3.05) is 52.7 Å². The van der Waals surface area contributed by atoms with E-state index < -0.39 is 6.04 Å². The first-order valence-corrected chi connectivity index (χ1v) is 13.3. The Hall–Kier alpha value is -3.88. The van der Waals surface area contributed by atoms with E-state index in [-0.39, 0.29) is 11.7 Å². The third kappa shape index (κ3) is 5.23. The van der Waals surface area contributed by atoms with Gasteiger partial charge in [-0.05, 0) is 86.7 Å². The molecule has 2 aliphatic rings. The molecule has 3 aromatic rings. The molecule has 3 heterocycles. The summed E-state index contributed by atoms with van der Waals surface area (Å²) in [7, 11) is 0. The van der Waals surface area contributed by atoms with Crippen LogP contribution in [0.25, 0.3) is 0 Å². The zero-order chi connectivity index (χ0) is 26.8. The molecule has 5 rings (SSSR count). The molecule has 1 unspecified atom stereocenters. The van der Waals surface area contributed by atoms with Gasteiger partial charge in [0.05, 0.1) is 0 Å². The number of hydrogen-bond donors (Lipinski definition) is 2. The van der Waals surface area contributed by atoms with Crippen LogP contribution in [0.15, 0.2) is 48.7 Å². The summed E-state index contributed by atoms with van der Waals surface area (Å²) in [6.45, 7) is 10.1. The first-order chi connectivity index (χ1) is 18.3. The zero-order valence-corrected chi connectivity index (χ0v) is 22.3. The number of carbonyl (C=O) groups excluding carboxylic acids is 1. The first-order valence-electron chi connectivity index (χ1n) is 13.3. The summed E-state index contributed by atoms with van der Waals surface area (Å²) in [4.78, 5) is 19.1. The smallest absolute Gasteiger partial charge is 0.241 e. The summed E-state index contributed by atoms with van der Waals surface area (Å²) in [6, 6.07) is 12.3. The maximum absolute atomic E-state index is 13.5. The molecule has 2 aromatic carbocycles. The van der Waals surface area contributed by atoms with Crippen LogP contribution in [0.3, 0.4) is 0 Å². The second-order valence-corrected chi connectivity index (χ2v) is 10.4. The van der Waals surface area contributed by atoms with Gasteiger partial charge in [0, 0.05) is 62.0 Å². The Kier molecular flexibility index (Phi) is 7.35. The van der Waals surface area contributed by atoms with Crippen molar-refractivity contribution in [2.24, 2.45) is 5.73 Å². The molecular formula is C29H36FN7O. The molecule has 1 atom stereocenters. The van der Waals surface area contributed by atoms with Gasteiger partial charge in [-0.1, -0.05) is 6.07 Å². The lowest BCUT2D eigenvalue weighted by Gasteiger charge is -2.43. The minimum atomic E-state index is -0.504. The van der Waals surface area contributed by atoms with Crippen LogP contribution in [0.2, 0.25) is 0 Å². The molecular weight excluding hydrogens is 481 g/mol. The molecule has 2 fully saturated rings. The van der Waals surface area contributed by atoms with Crippen molar-refractivity contribution < 1.29 is 9.18 Å². The summed E-state index contributed by atoms with van der Waals surface area (Å²) in [5, 5.41) is 12.1. The summed E-state index contributed by atoms with van der Waals surface area (Å²) in [6.07, 6.45) is 3.73. The predicted octanol–water partition coefficient (Wildman–Crippen LogP) is 3.80. The van der Waals surface area contributed by atoms with Crippen LogP contribution < -0.4 is 25.8 Å². The third-order valence-electron chi connectivity index (χ3n) is 7.84. The van der Waals surface area contributed by atoms with Gasteiger partial charge in [0.1, 0.15) is 11.9 Å². The van der Waals surface area contributed by atoms with Crippen LogP contribution in [0.4, 0.5) is 27.3 Å². The molecule has 1 amide bonds. The number of aryl methyl sites for hydroxylation is 2. The molecule has 9 heteroatoms. The second kappa shape index (κ2) is 10.8. The minimum absolute atomic E-state index is 0.298. The Morgan fingerprint density at radius 3 is 2.39 bits per heavy atom. The van der Waals surface area contributed by atoms with Gasteiger partial charge in [0.2, 0.25) is 5.91 Å². The zero-order valence-electron chi connectivity index (χ0n) is 22.3. The SMILES string of the molecule is Cc1cc(C)c(N2CCN(c3ccc(F)cc3)C(C(N)=O)C2)c(C)c1NC1CCN(c2cccnn2)CC1. The van der Waals surface area contributed by atoms with Crippen LogP contribution >= 0.6 is 0 Å². The number of aromatic nitrogens is 2. The number of nitrogens with two attached hydrogens (primary N) is 1. The van der Waals surface area contributed by atoms with Crippen molar-refractivity contribution >= 4 is 28.8 Å². The van der Waals surface area contributed by atoms with Crippen LogP contribution in [0.5, 0.6) is 0 Å². The lowest BCUT2D eigenvalue weighted by Crippen LogP contribution is -2.58. The summed E-state index contributed by atoms with van der Waals surface area (Å²) in [5.74, 6) is 0.253. The number of halogens is 1. The molecule has 0 spiro atoms. The van der Waals surface area contributed by atoms with Crippen LogP contribution in [-0.4, -0.2) is 60.9 Å². The molecule has 200 valence electrons. The van der Waals surface area contributed by atoms with Gasteiger partial charge in [-0.3, -0.25) is 4.79 Å². The Morgan fingerprint density at radius 1 is 1.00 bits per heavy atom. The Labute approximate surface area is 223 Å². The fourth-order valence-electron chi connectivity index (χ4n) is 5.97. The van der Waals surface area contributed by atoms with Gasteiger partial charge in [0.25, 0.3) is 0 Å². The Balaban J connectivity index is 1.33. The molecule has 0 radical (unpaired) electrons. The van der Waals surface area contributed by atoms with Crippen LogP contribution in [0.1, 0.15) is 29.5 Å². The van der Waals surface area contributed by atoms with Crippen molar-refractivity contribution in [3.63, 3.8) is 0 Å². The highest BCUT2D eigenvalue weighted by Gasteiger charge is 2.33. The highest BCUT2D eigenvalue weighted by molar-refractivity contribution is 5.85. The van der Waals surface area contributed by atoms with Crippen molar-refractivity contribution in [2.45, 2.75) is 45.7 Å². The quantitative estimate of drug-likeness (QED) is 0.514. The number of piperidine rings is 1. The van der Waals surface area contributed by atoms with E-state index in [0.717, 1.165) is 49.7 Å². The molecule has 0 saturated carbocycles. The van der Waals surface area contributed by atoms with Gasteiger partial charge in [0.15, 0.2) is 5.82 Å². The number of nitrogens with one attached hydrogen (secondary N) is 1. The number of anilines is 4. The normalized spacial score (nSPS) is 18.5. The number of carbonyl (C=O) groups is 1. The fourth-order valence-corrected chi connectivity index (χ4v) is 5.97. The highest BCUT2D eigenvalue weighted by Crippen LogP contribution is 2.36. The van der Waals surface area contributed by atoms with E-state index in [4.69, 9.17) is 5.73 Å². The van der Waals surface area contributed by atoms with Gasteiger partial charge < -0.3 is 25.8 Å². The number of piperazine rings is 1. The first kappa shape index (κ1) is 25.8. The van der Waals surface area contributed by atoms with Crippen molar-refractivity contribution in [3.05, 3.63) is 71.2 Å². The summed E-state index contributed by atoms with van der Waals surface area (Å²) >= 11 is 0. The van der Waals surface area contributed by atoms with Crippen molar-refractivity contribution in [3.8, 4) is 0 Å². The topological polar surface area (TPSA) is 90.6 Å². The van der Waals surface area contributed by atoms with Gasteiger partial charge >= 0.3 is 0 Å². The lowest BCUT2D eigenvalue weighted by molar-refractivity contribution is -0.119. The number of hydrogen-bond acceptors (Lipinski definition) is 7. The van der Waals surface area contributed by atoms with Crippen LogP contribution in [0, 0.1) is 26.6 Å². The molecule has 38 heavy (non-hydrogen) atoms. The van der Waals surface area contributed by atoms with Crippen molar-refractivity contribution in [1.29, 1.82) is 0 Å². The molecule has 1 aromatic heterocycles. The van der Waals surface area contributed by atoms with E-state index in [1.807, 2.05) is 17.0 Å². The van der Waals surface area contributed by atoms with E-state index >= 15 is 0 Å². The standard InChI is InChI=1S/C29H36FN7O/c1-19-17-20(2)28(36-15-16-37(25(18-36)29(31)38)24-8-6-22(30)7-9-24)21(3)27(19)33-23-10-13-35(14-11-23)26-5-4-12-32-34-26/h4-9,12,17,23,25,33H,10-11,13-16,18H2,1-3H3,(H2,31,38). The number of primary amides is 1. The van der Waals surface area contributed by atoms with E-state index in [0.29, 0.717) is 19.1 Å². The maximum atomic E-state index is 13.5. The second-order valence-electron chi connectivity index (χ2n) is 10.4. The molecule has 8 nitrogen and oxygen atoms in total. The van der Waals surface area contributed by atoms with E-state index in [2.05, 4.69) is 52.2 Å². The van der Waals surface area contributed by atoms with Gasteiger partial charge in [-0.25, -0.2) is 4.39 Å². The predicted molar refractivity (Wildman–Crippen MR) is 150 cm³/mol. The Morgan fingerprint density at radius 2 is 1.74 bits per heavy atom. The average Bonchev–Trinajstić information content (AvgIpc) is 2.92. The van der Waals surface area contributed by atoms with Gasteiger partial charge in [-0.2, -0.15) is 5.10 Å². The average molecular weight is 518 g/mol. The van der Waals surface area contributed by atoms with E-state index in [1.165, 1.54) is 34.5 Å².